The average Bonchev–Trinajstić information content (AvgIpc) is 2.49. The van der Waals surface area contributed by atoms with Gasteiger partial charge in [0, 0.05) is 18.8 Å². The van der Waals surface area contributed by atoms with E-state index in [2.05, 4.69) is 23.9 Å². The molecular formula is C12H24N6O2. The fourth-order valence-electron chi connectivity index (χ4n) is 1.98. The lowest BCUT2D eigenvalue weighted by molar-refractivity contribution is -0.131. The number of carbonyl (C=O) groups is 1. The number of hydrogen-bond donors (Lipinski definition) is 3. The van der Waals surface area contributed by atoms with Gasteiger partial charge >= 0.3 is 0 Å². The molecule has 0 radical (unpaired) electrons. The van der Waals surface area contributed by atoms with Crippen molar-refractivity contribution >= 4 is 5.91 Å². The van der Waals surface area contributed by atoms with Crippen molar-refractivity contribution in [2.45, 2.75) is 24.9 Å². The van der Waals surface area contributed by atoms with Crippen LogP contribution >= 0.6 is 0 Å². The van der Waals surface area contributed by atoms with Crippen LogP contribution in [0.4, 0.5) is 0 Å². The van der Waals surface area contributed by atoms with Crippen molar-refractivity contribution in [1.29, 1.82) is 5.26 Å². The zero-order chi connectivity index (χ0) is 15.5. The summed E-state index contributed by atoms with van der Waals surface area (Å²) in [5, 5.41) is 10.00. The van der Waals surface area contributed by atoms with Gasteiger partial charge in [-0.15, -0.1) is 0 Å². The number of hydrazine groups is 1. The van der Waals surface area contributed by atoms with Crippen molar-refractivity contribution in [3.05, 3.63) is 12.8 Å². The molecule has 0 saturated carbocycles. The minimum absolute atomic E-state index is 0.0998. The summed E-state index contributed by atoms with van der Waals surface area (Å²) in [5.41, 5.74) is 7.35. The zero-order valence-corrected chi connectivity index (χ0v) is 12.1. The Kier molecular flexibility index (Phi) is 9.53. The highest BCUT2D eigenvalue weighted by atomic mass is 16.6. The monoisotopic (exact) mass is 284 g/mol. The van der Waals surface area contributed by atoms with Gasteiger partial charge in [-0.05, 0) is 19.9 Å². The number of hydrogen-bond acceptors (Lipinski definition) is 7. The number of rotatable bonds is 5. The largest absolute Gasteiger partial charge is 0.333 e. The molecule has 8 nitrogen and oxygen atoms in total. The number of carbonyl (C=O) groups excluding carboxylic acids is 1. The average molecular weight is 284 g/mol. The number of amides is 1. The quantitative estimate of drug-likeness (QED) is 0.333. The molecular weight excluding hydrogens is 260 g/mol. The first-order chi connectivity index (χ1) is 9.62. The summed E-state index contributed by atoms with van der Waals surface area (Å²) in [6, 6.07) is 2.05. The Hall–Kier alpha value is -1.50. The van der Waals surface area contributed by atoms with Crippen LogP contribution in [0.5, 0.6) is 0 Å². The van der Waals surface area contributed by atoms with E-state index in [0.29, 0.717) is 13.0 Å². The van der Waals surface area contributed by atoms with Crippen LogP contribution < -0.4 is 17.1 Å². The van der Waals surface area contributed by atoms with E-state index in [1.165, 1.54) is 13.2 Å². The maximum absolute atomic E-state index is 11.7. The standard InChI is InChI=1S/C11H19N5O2.CH5N/c1-3-16(13)11(17)8-15-7-9(14-18-2)4-5-10(15)6-12;1-2/h3,9-10,14H,1,4-5,7-8,13H2,2H3;2H2,1H3. The van der Waals surface area contributed by atoms with Crippen molar-refractivity contribution in [3.63, 3.8) is 0 Å². The van der Waals surface area contributed by atoms with Gasteiger partial charge in [0.15, 0.2) is 0 Å². The van der Waals surface area contributed by atoms with E-state index in [0.717, 1.165) is 11.4 Å². The summed E-state index contributed by atoms with van der Waals surface area (Å²) >= 11 is 0. The fourth-order valence-corrected chi connectivity index (χ4v) is 1.98. The van der Waals surface area contributed by atoms with Crippen molar-refractivity contribution < 1.29 is 9.63 Å². The molecule has 0 spiro atoms. The molecule has 114 valence electrons. The Morgan fingerprint density at radius 3 is 2.80 bits per heavy atom. The molecule has 0 aliphatic carbocycles. The van der Waals surface area contributed by atoms with E-state index in [9.17, 15) is 4.79 Å². The van der Waals surface area contributed by atoms with E-state index in [1.807, 2.05) is 0 Å². The third-order valence-corrected chi connectivity index (χ3v) is 2.94. The molecule has 1 heterocycles. The van der Waals surface area contributed by atoms with Gasteiger partial charge in [0.2, 0.25) is 0 Å². The van der Waals surface area contributed by atoms with Crippen LogP contribution in [-0.2, 0) is 9.63 Å². The lowest BCUT2D eigenvalue weighted by Crippen LogP contribution is -2.53. The number of nitrogens with two attached hydrogens (primary N) is 2. The Labute approximate surface area is 119 Å². The van der Waals surface area contributed by atoms with Crippen LogP contribution in [0.15, 0.2) is 12.8 Å². The Balaban J connectivity index is 0.00000172. The van der Waals surface area contributed by atoms with Gasteiger partial charge in [0.25, 0.3) is 5.91 Å². The molecule has 1 aliphatic rings. The van der Waals surface area contributed by atoms with Crippen LogP contribution in [0.1, 0.15) is 12.8 Å². The normalized spacial score (nSPS) is 22.1. The van der Waals surface area contributed by atoms with Crippen LogP contribution in [0.3, 0.4) is 0 Å². The van der Waals surface area contributed by atoms with Crippen molar-refractivity contribution in [2.75, 3.05) is 27.2 Å². The Morgan fingerprint density at radius 2 is 2.30 bits per heavy atom. The summed E-state index contributed by atoms with van der Waals surface area (Å²) in [6.45, 7) is 4.09. The number of likely N-dealkylation sites (tertiary alicyclic amines) is 1. The predicted octanol–water partition coefficient (Wildman–Crippen LogP) is -1.09. The minimum atomic E-state index is -0.289. The van der Waals surface area contributed by atoms with E-state index in [-0.39, 0.29) is 24.5 Å². The van der Waals surface area contributed by atoms with Gasteiger partial charge < -0.3 is 10.6 Å². The number of nitriles is 1. The van der Waals surface area contributed by atoms with Gasteiger partial charge in [0.05, 0.1) is 25.8 Å². The minimum Gasteiger partial charge on any atom is -0.333 e. The number of hydroxylamine groups is 1. The molecule has 8 heteroatoms. The lowest BCUT2D eigenvalue weighted by atomic mass is 9.99. The molecule has 5 N–H and O–H groups in total. The second kappa shape index (κ2) is 10.3. The summed E-state index contributed by atoms with van der Waals surface area (Å²) in [6.07, 6.45) is 2.78. The molecule has 0 bridgehead atoms. The van der Waals surface area contributed by atoms with Gasteiger partial charge in [-0.25, -0.2) is 5.84 Å². The predicted molar refractivity (Wildman–Crippen MR) is 75.5 cm³/mol. The van der Waals surface area contributed by atoms with E-state index in [1.54, 1.807) is 12.0 Å². The molecule has 1 fully saturated rings. The smallest absolute Gasteiger partial charge is 0.254 e. The maximum atomic E-state index is 11.7. The van der Waals surface area contributed by atoms with Crippen LogP contribution in [-0.4, -0.2) is 55.1 Å². The molecule has 1 rings (SSSR count). The molecule has 1 saturated heterocycles. The highest BCUT2D eigenvalue weighted by Crippen LogP contribution is 2.16. The first kappa shape index (κ1) is 18.5. The highest BCUT2D eigenvalue weighted by molar-refractivity contribution is 5.78. The van der Waals surface area contributed by atoms with E-state index in [4.69, 9.17) is 15.9 Å². The van der Waals surface area contributed by atoms with Crippen LogP contribution in [0, 0.1) is 11.3 Å². The molecule has 0 aromatic carbocycles. The zero-order valence-electron chi connectivity index (χ0n) is 12.1. The first-order valence-electron chi connectivity index (χ1n) is 6.31. The van der Waals surface area contributed by atoms with Gasteiger partial charge in [0.1, 0.15) is 0 Å². The number of nitrogens with zero attached hydrogens (tertiary/aromatic N) is 3. The van der Waals surface area contributed by atoms with Crippen molar-refractivity contribution in [2.24, 2.45) is 11.6 Å². The SMILES string of the molecule is C=CN(N)C(=O)CN1CC(NOC)CCC1C#N.CN. The molecule has 2 atom stereocenters. The fraction of sp³-hybridized carbons (Fsp3) is 0.667. The molecule has 2 unspecified atom stereocenters. The Bertz CT molecular complexity index is 343. The van der Waals surface area contributed by atoms with E-state index >= 15 is 0 Å². The number of piperidine rings is 1. The van der Waals surface area contributed by atoms with Crippen LogP contribution in [0.25, 0.3) is 0 Å². The highest BCUT2D eigenvalue weighted by Gasteiger charge is 2.30. The van der Waals surface area contributed by atoms with Crippen molar-refractivity contribution in [3.8, 4) is 6.07 Å². The third kappa shape index (κ3) is 5.64. The lowest BCUT2D eigenvalue weighted by Gasteiger charge is -2.36. The Morgan fingerprint density at radius 1 is 1.65 bits per heavy atom. The second-order valence-corrected chi connectivity index (χ2v) is 4.15. The van der Waals surface area contributed by atoms with E-state index < -0.39 is 0 Å². The molecule has 1 amide bonds. The topological polar surface area (TPSA) is 121 Å². The van der Waals surface area contributed by atoms with Gasteiger partial charge in [-0.2, -0.15) is 10.7 Å². The third-order valence-electron chi connectivity index (χ3n) is 2.94. The number of nitrogens with one attached hydrogen (secondary N) is 1. The van der Waals surface area contributed by atoms with Crippen LogP contribution in [0.2, 0.25) is 0 Å². The maximum Gasteiger partial charge on any atom is 0.254 e. The molecule has 1 aliphatic heterocycles. The molecule has 0 aromatic rings. The molecule has 0 aromatic heterocycles. The first-order valence-corrected chi connectivity index (χ1v) is 6.31. The van der Waals surface area contributed by atoms with Crippen molar-refractivity contribution in [1.82, 2.24) is 15.4 Å². The summed E-state index contributed by atoms with van der Waals surface area (Å²) in [4.78, 5) is 18.4. The van der Waals surface area contributed by atoms with Gasteiger partial charge in [-0.3, -0.25) is 14.7 Å². The second-order valence-electron chi connectivity index (χ2n) is 4.15. The summed E-state index contributed by atoms with van der Waals surface area (Å²) < 4.78 is 0. The summed E-state index contributed by atoms with van der Waals surface area (Å²) in [5.74, 6) is 5.14. The molecule has 20 heavy (non-hydrogen) atoms. The summed E-state index contributed by atoms with van der Waals surface area (Å²) in [7, 11) is 3.05. The van der Waals surface area contributed by atoms with Gasteiger partial charge in [-0.1, -0.05) is 6.58 Å².